The van der Waals surface area contributed by atoms with E-state index in [4.69, 9.17) is 4.42 Å². The van der Waals surface area contributed by atoms with Gasteiger partial charge in [0.15, 0.2) is 0 Å². The summed E-state index contributed by atoms with van der Waals surface area (Å²) in [6.07, 6.45) is 0.377. The summed E-state index contributed by atoms with van der Waals surface area (Å²) < 4.78 is 6.43. The first kappa shape index (κ1) is 16.2. The smallest absolute Gasteiger partial charge is 0.322 e. The molecular formula is C15H12BrN3O2S2. The second kappa shape index (κ2) is 7.76. The normalized spacial score (nSPS) is 10.7. The summed E-state index contributed by atoms with van der Waals surface area (Å²) in [5.74, 6) is 0.944. The molecule has 0 bridgehead atoms. The molecule has 0 radical (unpaired) electrons. The summed E-state index contributed by atoms with van der Waals surface area (Å²) >= 11 is 6.50. The zero-order valence-corrected chi connectivity index (χ0v) is 15.1. The second-order valence-electron chi connectivity index (χ2n) is 4.48. The maximum atomic E-state index is 11.9. The van der Waals surface area contributed by atoms with Crippen molar-refractivity contribution < 1.29 is 9.21 Å². The summed E-state index contributed by atoms with van der Waals surface area (Å²) in [4.78, 5) is 13.9. The van der Waals surface area contributed by atoms with Crippen molar-refractivity contribution >= 4 is 51.0 Å². The highest BCUT2D eigenvalue weighted by Crippen LogP contribution is 2.31. The fraction of sp³-hybridized carbons (Fsp3) is 0.133. The monoisotopic (exact) mass is 409 g/mol. The predicted octanol–water partition coefficient (Wildman–Crippen LogP) is 4.68. The van der Waals surface area contributed by atoms with Gasteiger partial charge >= 0.3 is 6.01 Å². The number of thiophene rings is 1. The molecule has 0 unspecified atom stereocenters. The molecule has 2 heterocycles. The van der Waals surface area contributed by atoms with Crippen molar-refractivity contribution in [1.29, 1.82) is 0 Å². The van der Waals surface area contributed by atoms with Crippen LogP contribution in [0, 0.1) is 0 Å². The zero-order valence-electron chi connectivity index (χ0n) is 11.9. The molecule has 3 rings (SSSR count). The SMILES string of the molecule is O=C(CCSc1ccccc1)Nc1nnc(-c2ccc(Br)s2)o1. The number of thioether (sulfide) groups is 1. The van der Waals surface area contributed by atoms with E-state index < -0.39 is 0 Å². The highest BCUT2D eigenvalue weighted by Gasteiger charge is 2.12. The first-order chi connectivity index (χ1) is 11.2. The van der Waals surface area contributed by atoms with Crippen molar-refractivity contribution in [3.8, 4) is 10.8 Å². The number of rotatable bonds is 6. The molecule has 0 aliphatic heterocycles. The Hall–Kier alpha value is -1.64. The van der Waals surface area contributed by atoms with Crippen molar-refractivity contribution in [2.45, 2.75) is 11.3 Å². The van der Waals surface area contributed by atoms with E-state index in [1.807, 2.05) is 42.5 Å². The number of anilines is 1. The molecule has 118 valence electrons. The van der Waals surface area contributed by atoms with Gasteiger partial charge < -0.3 is 4.42 Å². The number of nitrogens with one attached hydrogen (secondary N) is 1. The average Bonchev–Trinajstić information content (AvgIpc) is 3.17. The summed E-state index contributed by atoms with van der Waals surface area (Å²) in [5, 5.41) is 10.4. The Kier molecular flexibility index (Phi) is 5.47. The van der Waals surface area contributed by atoms with Crippen molar-refractivity contribution in [2.75, 3.05) is 11.1 Å². The van der Waals surface area contributed by atoms with Crippen LogP contribution in [0.4, 0.5) is 6.01 Å². The third kappa shape index (κ3) is 4.66. The minimum absolute atomic E-state index is 0.124. The van der Waals surface area contributed by atoms with Crippen LogP contribution in [0.25, 0.3) is 10.8 Å². The summed E-state index contributed by atoms with van der Waals surface area (Å²) in [6.45, 7) is 0. The van der Waals surface area contributed by atoms with Crippen LogP contribution in [-0.4, -0.2) is 21.9 Å². The molecule has 5 nitrogen and oxygen atoms in total. The molecule has 0 aliphatic rings. The Morgan fingerprint density at radius 1 is 1.22 bits per heavy atom. The number of nitrogens with zero attached hydrogens (tertiary/aromatic N) is 2. The maximum absolute atomic E-state index is 11.9. The van der Waals surface area contributed by atoms with Gasteiger partial charge in [0, 0.05) is 17.1 Å². The van der Waals surface area contributed by atoms with Gasteiger partial charge in [-0.1, -0.05) is 23.3 Å². The van der Waals surface area contributed by atoms with Crippen LogP contribution >= 0.6 is 39.0 Å². The molecule has 3 aromatic rings. The van der Waals surface area contributed by atoms with E-state index >= 15 is 0 Å². The third-order valence-corrected chi connectivity index (χ3v) is 5.42. The molecule has 0 atom stereocenters. The van der Waals surface area contributed by atoms with Gasteiger partial charge in [-0.2, -0.15) is 0 Å². The van der Waals surface area contributed by atoms with Gasteiger partial charge in [0.1, 0.15) is 0 Å². The molecule has 0 saturated carbocycles. The number of hydrogen-bond donors (Lipinski definition) is 1. The van der Waals surface area contributed by atoms with Gasteiger partial charge in [-0.05, 0) is 40.2 Å². The van der Waals surface area contributed by atoms with E-state index in [0.29, 0.717) is 18.1 Å². The van der Waals surface area contributed by atoms with Gasteiger partial charge in [0.2, 0.25) is 5.91 Å². The van der Waals surface area contributed by atoms with Crippen molar-refractivity contribution in [3.63, 3.8) is 0 Å². The molecule has 1 amide bonds. The fourth-order valence-electron chi connectivity index (χ4n) is 1.76. The molecule has 0 aliphatic carbocycles. The number of carbonyl (C=O) groups excluding carboxylic acids is 1. The van der Waals surface area contributed by atoms with E-state index in [1.54, 1.807) is 11.8 Å². The first-order valence-corrected chi connectivity index (χ1v) is 9.37. The minimum Gasteiger partial charge on any atom is -0.402 e. The lowest BCUT2D eigenvalue weighted by Crippen LogP contribution is -2.12. The molecule has 8 heteroatoms. The van der Waals surface area contributed by atoms with Gasteiger partial charge in [-0.25, -0.2) is 0 Å². The summed E-state index contributed by atoms with van der Waals surface area (Å²) in [7, 11) is 0. The van der Waals surface area contributed by atoms with E-state index in [-0.39, 0.29) is 11.9 Å². The van der Waals surface area contributed by atoms with E-state index in [0.717, 1.165) is 13.6 Å². The molecule has 0 saturated heterocycles. The Balaban J connectivity index is 1.49. The standard InChI is InChI=1S/C15H12BrN3O2S2/c16-12-7-6-11(23-12)14-18-19-15(21-14)17-13(20)8-9-22-10-4-2-1-3-5-10/h1-7H,8-9H2,(H,17,19,20). The Morgan fingerprint density at radius 2 is 2.04 bits per heavy atom. The Labute approximate surface area is 149 Å². The number of amides is 1. The maximum Gasteiger partial charge on any atom is 0.322 e. The van der Waals surface area contributed by atoms with Crippen LogP contribution in [0.5, 0.6) is 0 Å². The number of benzene rings is 1. The van der Waals surface area contributed by atoms with Crippen LogP contribution in [0.15, 0.2) is 55.6 Å². The Bertz CT molecular complexity index is 789. The van der Waals surface area contributed by atoms with E-state index in [2.05, 4.69) is 31.4 Å². The van der Waals surface area contributed by atoms with Crippen molar-refractivity contribution in [3.05, 3.63) is 46.3 Å². The Morgan fingerprint density at radius 3 is 2.78 bits per heavy atom. The topological polar surface area (TPSA) is 68.0 Å². The molecule has 2 aromatic heterocycles. The van der Waals surface area contributed by atoms with Crippen molar-refractivity contribution in [1.82, 2.24) is 10.2 Å². The quantitative estimate of drug-likeness (QED) is 0.598. The predicted molar refractivity (Wildman–Crippen MR) is 95.7 cm³/mol. The van der Waals surface area contributed by atoms with Crippen LogP contribution in [0.3, 0.4) is 0 Å². The van der Waals surface area contributed by atoms with E-state index in [1.165, 1.54) is 11.3 Å². The van der Waals surface area contributed by atoms with Gasteiger partial charge in [0.25, 0.3) is 5.89 Å². The van der Waals surface area contributed by atoms with Crippen molar-refractivity contribution in [2.24, 2.45) is 0 Å². The minimum atomic E-state index is -0.143. The summed E-state index contributed by atoms with van der Waals surface area (Å²) in [5.41, 5.74) is 0. The fourth-order valence-corrected chi connectivity index (χ4v) is 3.94. The third-order valence-electron chi connectivity index (χ3n) is 2.80. The molecule has 1 aromatic carbocycles. The first-order valence-electron chi connectivity index (χ1n) is 6.77. The van der Waals surface area contributed by atoms with E-state index in [9.17, 15) is 4.79 Å². The molecule has 23 heavy (non-hydrogen) atoms. The van der Waals surface area contributed by atoms with Gasteiger partial charge in [0.05, 0.1) is 8.66 Å². The highest BCUT2D eigenvalue weighted by atomic mass is 79.9. The lowest BCUT2D eigenvalue weighted by Gasteiger charge is -2.01. The number of aromatic nitrogens is 2. The number of carbonyl (C=O) groups is 1. The average molecular weight is 410 g/mol. The second-order valence-corrected chi connectivity index (χ2v) is 8.11. The zero-order chi connectivity index (χ0) is 16.1. The van der Waals surface area contributed by atoms with Crippen LogP contribution in [0.2, 0.25) is 0 Å². The number of halogens is 1. The van der Waals surface area contributed by atoms with Crippen LogP contribution < -0.4 is 5.32 Å². The van der Waals surface area contributed by atoms with Crippen LogP contribution in [-0.2, 0) is 4.79 Å². The molecule has 0 fully saturated rings. The van der Waals surface area contributed by atoms with Gasteiger partial charge in [-0.15, -0.1) is 28.2 Å². The number of hydrogen-bond acceptors (Lipinski definition) is 6. The highest BCUT2D eigenvalue weighted by molar-refractivity contribution is 9.11. The van der Waals surface area contributed by atoms with Gasteiger partial charge in [-0.3, -0.25) is 10.1 Å². The molecular weight excluding hydrogens is 398 g/mol. The largest absolute Gasteiger partial charge is 0.402 e. The summed E-state index contributed by atoms with van der Waals surface area (Å²) in [6, 6.07) is 13.9. The lowest BCUT2D eigenvalue weighted by molar-refractivity contribution is -0.115. The van der Waals surface area contributed by atoms with Crippen LogP contribution in [0.1, 0.15) is 6.42 Å². The lowest BCUT2D eigenvalue weighted by atomic mass is 10.4. The molecule has 0 spiro atoms. The molecule has 1 N–H and O–H groups in total.